The molecule has 0 unspecified atom stereocenters. The summed E-state index contributed by atoms with van der Waals surface area (Å²) >= 11 is 5.94. The molecule has 0 aliphatic heterocycles. The molecule has 7 heteroatoms. The number of benzene rings is 2. The van der Waals surface area contributed by atoms with Crippen LogP contribution in [0.15, 0.2) is 47.4 Å². The summed E-state index contributed by atoms with van der Waals surface area (Å²) in [5.74, 6) is 1.16. The standard InChI is InChI=1S/C18H20ClNO4S/c1-23-16-10-9-15(11-17(16)24-2)25(21,22)20-18(12-3-4-12)13-5-7-14(19)8-6-13/h5-12,18,20H,3-4H2,1-2H3/t18-/m0/s1. The number of halogens is 1. The van der Waals surface area contributed by atoms with Gasteiger partial charge in [0.1, 0.15) is 0 Å². The molecule has 0 heterocycles. The van der Waals surface area contributed by atoms with Crippen molar-refractivity contribution in [1.82, 2.24) is 4.72 Å². The van der Waals surface area contributed by atoms with Crippen molar-refractivity contribution in [3.63, 3.8) is 0 Å². The molecule has 25 heavy (non-hydrogen) atoms. The van der Waals surface area contributed by atoms with Gasteiger partial charge in [0.15, 0.2) is 11.5 Å². The fourth-order valence-corrected chi connectivity index (χ4v) is 4.19. The summed E-state index contributed by atoms with van der Waals surface area (Å²) in [4.78, 5) is 0.143. The van der Waals surface area contributed by atoms with Crippen LogP contribution in [0.25, 0.3) is 0 Å². The first-order valence-electron chi connectivity index (χ1n) is 7.94. The summed E-state index contributed by atoms with van der Waals surface area (Å²) in [6.07, 6.45) is 2.00. The van der Waals surface area contributed by atoms with E-state index in [1.807, 2.05) is 12.1 Å². The van der Waals surface area contributed by atoms with E-state index in [9.17, 15) is 8.42 Å². The Bertz CT molecular complexity index is 848. The Balaban J connectivity index is 1.89. The monoisotopic (exact) mass is 381 g/mol. The summed E-state index contributed by atoms with van der Waals surface area (Å²) in [7, 11) is -0.716. The third kappa shape index (κ3) is 4.08. The van der Waals surface area contributed by atoms with E-state index in [2.05, 4.69) is 4.72 Å². The Kier molecular flexibility index (Phi) is 5.22. The molecule has 1 atom stereocenters. The van der Waals surface area contributed by atoms with Crippen LogP contribution in [0.2, 0.25) is 5.02 Å². The summed E-state index contributed by atoms with van der Waals surface area (Å²) in [5.41, 5.74) is 0.913. The normalized spacial score (nSPS) is 15.6. The van der Waals surface area contributed by atoms with Gasteiger partial charge in [0, 0.05) is 17.1 Å². The second-order valence-corrected chi connectivity index (χ2v) is 8.16. The second kappa shape index (κ2) is 7.23. The van der Waals surface area contributed by atoms with Crippen LogP contribution in [0.4, 0.5) is 0 Å². The van der Waals surface area contributed by atoms with E-state index in [4.69, 9.17) is 21.1 Å². The average molecular weight is 382 g/mol. The van der Waals surface area contributed by atoms with Crippen molar-refractivity contribution in [2.45, 2.75) is 23.8 Å². The van der Waals surface area contributed by atoms with Gasteiger partial charge in [-0.1, -0.05) is 23.7 Å². The lowest BCUT2D eigenvalue weighted by Crippen LogP contribution is -2.30. The van der Waals surface area contributed by atoms with E-state index in [0.717, 1.165) is 18.4 Å². The molecule has 0 bridgehead atoms. The number of rotatable bonds is 7. The predicted molar refractivity (Wildman–Crippen MR) is 96.8 cm³/mol. The fraction of sp³-hybridized carbons (Fsp3) is 0.333. The molecular formula is C18H20ClNO4S. The molecule has 0 spiro atoms. The first-order valence-corrected chi connectivity index (χ1v) is 9.80. The minimum atomic E-state index is -3.70. The van der Waals surface area contributed by atoms with Crippen LogP contribution in [0.5, 0.6) is 11.5 Å². The number of sulfonamides is 1. The summed E-state index contributed by atoms with van der Waals surface area (Å²) in [6.45, 7) is 0. The quantitative estimate of drug-likeness (QED) is 0.792. The zero-order chi connectivity index (χ0) is 18.0. The second-order valence-electron chi connectivity index (χ2n) is 6.00. The highest BCUT2D eigenvalue weighted by Crippen LogP contribution is 2.42. The Labute approximate surface area is 153 Å². The molecule has 1 aliphatic carbocycles. The van der Waals surface area contributed by atoms with Gasteiger partial charge in [-0.25, -0.2) is 13.1 Å². The molecule has 2 aromatic carbocycles. The number of hydrogen-bond acceptors (Lipinski definition) is 4. The van der Waals surface area contributed by atoms with Gasteiger partial charge in [-0.15, -0.1) is 0 Å². The van der Waals surface area contributed by atoms with Crippen molar-refractivity contribution in [3.8, 4) is 11.5 Å². The zero-order valence-corrected chi connectivity index (χ0v) is 15.6. The third-order valence-electron chi connectivity index (χ3n) is 4.27. The van der Waals surface area contributed by atoms with Gasteiger partial charge < -0.3 is 9.47 Å². The molecule has 0 amide bonds. The van der Waals surface area contributed by atoms with Crippen molar-refractivity contribution < 1.29 is 17.9 Å². The SMILES string of the molecule is COc1ccc(S(=O)(=O)N[C@H](c2ccc(Cl)cc2)C2CC2)cc1OC. The molecule has 5 nitrogen and oxygen atoms in total. The number of nitrogens with one attached hydrogen (secondary N) is 1. The lowest BCUT2D eigenvalue weighted by atomic mass is 10.0. The predicted octanol–water partition coefficient (Wildman–Crippen LogP) is 3.79. The van der Waals surface area contributed by atoms with Gasteiger partial charge in [0.05, 0.1) is 19.1 Å². The van der Waals surface area contributed by atoms with Gasteiger partial charge in [0.25, 0.3) is 0 Å². The van der Waals surface area contributed by atoms with Gasteiger partial charge >= 0.3 is 0 Å². The zero-order valence-electron chi connectivity index (χ0n) is 14.0. The maximum absolute atomic E-state index is 12.8. The van der Waals surface area contributed by atoms with E-state index in [1.54, 1.807) is 18.2 Å². The van der Waals surface area contributed by atoms with E-state index >= 15 is 0 Å². The maximum atomic E-state index is 12.8. The molecule has 1 fully saturated rings. The summed E-state index contributed by atoms with van der Waals surface area (Å²) in [5, 5.41) is 0.626. The molecule has 0 saturated heterocycles. The van der Waals surface area contributed by atoms with Crippen molar-refractivity contribution in [3.05, 3.63) is 53.1 Å². The Hall–Kier alpha value is -1.76. The number of ether oxygens (including phenoxy) is 2. The first-order chi connectivity index (χ1) is 11.9. The highest BCUT2D eigenvalue weighted by molar-refractivity contribution is 7.89. The van der Waals surface area contributed by atoms with Crippen molar-refractivity contribution in [2.24, 2.45) is 5.92 Å². The molecule has 1 saturated carbocycles. The summed E-state index contributed by atoms with van der Waals surface area (Å²) in [6, 6.07) is 11.6. The smallest absolute Gasteiger partial charge is 0.241 e. The minimum absolute atomic E-state index is 0.143. The lowest BCUT2D eigenvalue weighted by molar-refractivity contribution is 0.354. The molecule has 1 N–H and O–H groups in total. The molecular weight excluding hydrogens is 362 g/mol. The number of hydrogen-bond donors (Lipinski definition) is 1. The maximum Gasteiger partial charge on any atom is 0.241 e. The van der Waals surface area contributed by atoms with Gasteiger partial charge in [-0.2, -0.15) is 0 Å². The van der Waals surface area contributed by atoms with Crippen LogP contribution in [-0.4, -0.2) is 22.6 Å². The van der Waals surface area contributed by atoms with Crippen LogP contribution >= 0.6 is 11.6 Å². The highest BCUT2D eigenvalue weighted by atomic mass is 35.5. The van der Waals surface area contributed by atoms with Crippen LogP contribution in [0.3, 0.4) is 0 Å². The molecule has 0 radical (unpaired) electrons. The van der Waals surface area contributed by atoms with Crippen molar-refractivity contribution >= 4 is 21.6 Å². The molecule has 3 rings (SSSR count). The Morgan fingerprint density at radius 2 is 1.68 bits per heavy atom. The van der Waals surface area contributed by atoms with Crippen LogP contribution < -0.4 is 14.2 Å². The molecule has 134 valence electrons. The Morgan fingerprint density at radius 1 is 1.04 bits per heavy atom. The number of methoxy groups -OCH3 is 2. The van der Waals surface area contributed by atoms with Crippen LogP contribution in [0.1, 0.15) is 24.4 Å². The van der Waals surface area contributed by atoms with Gasteiger partial charge in [-0.3, -0.25) is 0 Å². The molecule has 1 aliphatic rings. The molecule has 2 aromatic rings. The fourth-order valence-electron chi connectivity index (χ4n) is 2.76. The van der Waals surface area contributed by atoms with Gasteiger partial charge in [0.2, 0.25) is 10.0 Å². The van der Waals surface area contributed by atoms with Gasteiger partial charge in [-0.05, 0) is 48.6 Å². The van der Waals surface area contributed by atoms with Crippen molar-refractivity contribution in [1.29, 1.82) is 0 Å². The third-order valence-corrected chi connectivity index (χ3v) is 5.96. The van der Waals surface area contributed by atoms with Crippen molar-refractivity contribution in [2.75, 3.05) is 14.2 Å². The van der Waals surface area contributed by atoms with E-state index in [1.165, 1.54) is 26.4 Å². The van der Waals surface area contributed by atoms with Crippen LogP contribution in [-0.2, 0) is 10.0 Å². The summed E-state index contributed by atoms with van der Waals surface area (Å²) < 4.78 is 38.9. The lowest BCUT2D eigenvalue weighted by Gasteiger charge is -2.19. The van der Waals surface area contributed by atoms with Crippen LogP contribution in [0, 0.1) is 5.92 Å². The topological polar surface area (TPSA) is 64.6 Å². The van der Waals surface area contributed by atoms with E-state index in [0.29, 0.717) is 22.4 Å². The first kappa shape index (κ1) is 18.0. The molecule has 0 aromatic heterocycles. The largest absolute Gasteiger partial charge is 0.493 e. The highest BCUT2D eigenvalue weighted by Gasteiger charge is 2.35. The minimum Gasteiger partial charge on any atom is -0.493 e. The Morgan fingerprint density at radius 3 is 2.24 bits per heavy atom. The average Bonchev–Trinajstić information content (AvgIpc) is 3.45. The van der Waals surface area contributed by atoms with E-state index in [-0.39, 0.29) is 10.9 Å². The van der Waals surface area contributed by atoms with E-state index < -0.39 is 10.0 Å².